The molecule has 45 heavy (non-hydrogen) atoms. The molecule has 0 radical (unpaired) electrons. The summed E-state index contributed by atoms with van der Waals surface area (Å²) in [7, 11) is 0. The van der Waals surface area contributed by atoms with E-state index < -0.39 is 12.0 Å². The number of hydrogen-bond acceptors (Lipinski definition) is 7. The molecule has 0 fully saturated rings. The van der Waals surface area contributed by atoms with Gasteiger partial charge in [-0.15, -0.1) is 0 Å². The Morgan fingerprint density at radius 2 is 1.69 bits per heavy atom. The number of allylic oxidation sites excluding steroid dienone is 1. The first-order valence-corrected chi connectivity index (χ1v) is 15.8. The maximum Gasteiger partial charge on any atom is 0.338 e. The molecule has 2 heterocycles. The number of esters is 1. The van der Waals surface area contributed by atoms with E-state index in [2.05, 4.69) is 29.3 Å². The second-order valence-electron chi connectivity index (χ2n) is 10.8. The molecule has 228 valence electrons. The summed E-state index contributed by atoms with van der Waals surface area (Å²) in [6.07, 6.45) is 1.83. The van der Waals surface area contributed by atoms with Gasteiger partial charge in [0.05, 0.1) is 35.1 Å². The minimum Gasteiger partial charge on any atom is -0.490 e. The minimum atomic E-state index is -0.646. The lowest BCUT2D eigenvalue weighted by Crippen LogP contribution is -2.39. The zero-order valence-electron chi connectivity index (χ0n) is 25.7. The number of hydrogen-bond donors (Lipinski definition) is 0. The van der Waals surface area contributed by atoms with Gasteiger partial charge in [-0.1, -0.05) is 89.7 Å². The molecule has 7 nitrogen and oxygen atoms in total. The summed E-state index contributed by atoms with van der Waals surface area (Å²) in [6, 6.07) is 27.3. The van der Waals surface area contributed by atoms with Crippen molar-refractivity contribution in [3.8, 4) is 11.5 Å². The van der Waals surface area contributed by atoms with Crippen molar-refractivity contribution in [3.63, 3.8) is 0 Å². The summed E-state index contributed by atoms with van der Waals surface area (Å²) < 4.78 is 19.7. The Morgan fingerprint density at radius 1 is 0.911 bits per heavy atom. The van der Waals surface area contributed by atoms with Crippen LogP contribution < -0.4 is 24.4 Å². The number of thiazole rings is 1. The van der Waals surface area contributed by atoms with Gasteiger partial charge in [-0.05, 0) is 73.4 Å². The Labute approximate surface area is 265 Å². The van der Waals surface area contributed by atoms with E-state index in [4.69, 9.17) is 14.2 Å². The third-order valence-corrected chi connectivity index (χ3v) is 8.72. The van der Waals surface area contributed by atoms with E-state index in [0.717, 1.165) is 33.0 Å². The molecule has 0 amide bonds. The highest BCUT2D eigenvalue weighted by Crippen LogP contribution is 2.32. The van der Waals surface area contributed by atoms with Gasteiger partial charge in [-0.2, -0.15) is 0 Å². The predicted molar refractivity (Wildman–Crippen MR) is 177 cm³/mol. The number of aromatic nitrogens is 1. The average Bonchev–Trinajstić information content (AvgIpc) is 3.34. The summed E-state index contributed by atoms with van der Waals surface area (Å²) in [6.45, 7) is 8.55. The third-order valence-electron chi connectivity index (χ3n) is 7.74. The lowest BCUT2D eigenvalue weighted by molar-refractivity contribution is -0.139. The molecule has 0 aliphatic carbocycles. The van der Waals surface area contributed by atoms with Gasteiger partial charge in [0.1, 0.15) is 6.61 Å². The summed E-state index contributed by atoms with van der Waals surface area (Å²) in [5.41, 5.74) is 4.45. The number of carbonyl (C=O) groups is 1. The van der Waals surface area contributed by atoms with Gasteiger partial charge < -0.3 is 14.2 Å². The molecular formula is C37H34N2O5S. The molecule has 0 bridgehead atoms. The highest BCUT2D eigenvalue weighted by molar-refractivity contribution is 7.07. The van der Waals surface area contributed by atoms with E-state index in [0.29, 0.717) is 45.3 Å². The average molecular weight is 619 g/mol. The largest absolute Gasteiger partial charge is 0.490 e. The van der Waals surface area contributed by atoms with Crippen LogP contribution in [0.25, 0.3) is 16.8 Å². The molecule has 5 aromatic rings. The van der Waals surface area contributed by atoms with E-state index >= 15 is 0 Å². The Kier molecular flexibility index (Phi) is 8.67. The summed E-state index contributed by atoms with van der Waals surface area (Å²) >= 11 is 1.29. The highest BCUT2D eigenvalue weighted by atomic mass is 32.1. The molecule has 0 saturated carbocycles. The Morgan fingerprint density at radius 3 is 2.47 bits per heavy atom. The smallest absolute Gasteiger partial charge is 0.338 e. The number of nitrogens with zero attached hydrogens (tertiary/aromatic N) is 2. The number of benzene rings is 4. The van der Waals surface area contributed by atoms with Crippen LogP contribution >= 0.6 is 11.3 Å². The quantitative estimate of drug-likeness (QED) is 0.183. The van der Waals surface area contributed by atoms with Crippen LogP contribution in [0, 0.1) is 6.92 Å². The zero-order valence-corrected chi connectivity index (χ0v) is 26.5. The molecule has 1 unspecified atom stereocenters. The zero-order chi connectivity index (χ0) is 31.5. The van der Waals surface area contributed by atoms with Crippen molar-refractivity contribution >= 4 is 34.2 Å². The third kappa shape index (κ3) is 6.06. The summed E-state index contributed by atoms with van der Waals surface area (Å²) in [4.78, 5) is 32.3. The Hall–Kier alpha value is -4.95. The monoisotopic (exact) mass is 618 g/mol. The maximum absolute atomic E-state index is 14.0. The van der Waals surface area contributed by atoms with Gasteiger partial charge in [0.15, 0.2) is 16.3 Å². The van der Waals surface area contributed by atoms with Gasteiger partial charge in [0, 0.05) is 0 Å². The van der Waals surface area contributed by atoms with Crippen LogP contribution in [0.5, 0.6) is 11.5 Å². The van der Waals surface area contributed by atoms with Crippen LogP contribution in [0.3, 0.4) is 0 Å². The maximum atomic E-state index is 14.0. The highest BCUT2D eigenvalue weighted by Gasteiger charge is 2.33. The minimum absolute atomic E-state index is 0.227. The first-order chi connectivity index (χ1) is 21.9. The molecule has 4 aromatic carbocycles. The van der Waals surface area contributed by atoms with Crippen LogP contribution in [0.15, 0.2) is 106 Å². The van der Waals surface area contributed by atoms with Crippen LogP contribution in [0.4, 0.5) is 0 Å². The lowest BCUT2D eigenvalue weighted by Gasteiger charge is -2.24. The van der Waals surface area contributed by atoms with E-state index in [1.165, 1.54) is 11.3 Å². The second-order valence-corrected chi connectivity index (χ2v) is 11.8. The van der Waals surface area contributed by atoms with Crippen molar-refractivity contribution in [3.05, 3.63) is 138 Å². The van der Waals surface area contributed by atoms with Crippen LogP contribution in [0.2, 0.25) is 0 Å². The molecule has 0 saturated heterocycles. The number of ether oxygens (including phenoxy) is 3. The number of aryl methyl sites for hydroxylation is 1. The summed E-state index contributed by atoms with van der Waals surface area (Å²) in [5.74, 6) is 0.744. The predicted octanol–water partition coefficient (Wildman–Crippen LogP) is 6.24. The number of carbonyl (C=O) groups excluding carboxylic acids is 1. The van der Waals surface area contributed by atoms with Gasteiger partial charge in [-0.25, -0.2) is 9.79 Å². The molecule has 8 heteroatoms. The fourth-order valence-electron chi connectivity index (χ4n) is 5.58. The number of rotatable bonds is 9. The van der Waals surface area contributed by atoms with Crippen molar-refractivity contribution < 1.29 is 19.0 Å². The van der Waals surface area contributed by atoms with E-state index in [9.17, 15) is 9.59 Å². The van der Waals surface area contributed by atoms with Gasteiger partial charge in [-0.3, -0.25) is 9.36 Å². The lowest BCUT2D eigenvalue weighted by atomic mass is 9.95. The molecular weight excluding hydrogens is 584 g/mol. The van der Waals surface area contributed by atoms with Crippen molar-refractivity contribution in [2.75, 3.05) is 13.2 Å². The van der Waals surface area contributed by atoms with Crippen molar-refractivity contribution in [2.24, 2.45) is 4.99 Å². The fraction of sp³-hybridized carbons (Fsp3) is 0.216. The van der Waals surface area contributed by atoms with Crippen molar-refractivity contribution in [1.82, 2.24) is 4.57 Å². The van der Waals surface area contributed by atoms with Gasteiger partial charge >= 0.3 is 5.97 Å². The van der Waals surface area contributed by atoms with Gasteiger partial charge in [0.25, 0.3) is 5.56 Å². The van der Waals surface area contributed by atoms with Crippen LogP contribution in [-0.2, 0) is 16.1 Å². The van der Waals surface area contributed by atoms with Crippen molar-refractivity contribution in [1.29, 1.82) is 0 Å². The number of fused-ring (bicyclic) bond motifs is 2. The van der Waals surface area contributed by atoms with Crippen LogP contribution in [0.1, 0.15) is 49.1 Å². The standard InChI is InChI=1S/C37H34N2O5S/c1-5-42-31-20-25(16-19-30(31)44-22-28-12-9-11-26-10-7-8-13-29(26)28)21-32-35(40)39-34(27-17-14-23(3)15-18-27)33(36(41)43-6-2)24(4)38-37(39)45-32/h7-21,34H,5-6,22H2,1-4H3/b32-21-. The molecule has 6 rings (SSSR count). The fourth-order valence-corrected chi connectivity index (χ4v) is 6.63. The molecule has 1 atom stereocenters. The Bertz CT molecular complexity index is 2100. The van der Waals surface area contributed by atoms with Crippen molar-refractivity contribution in [2.45, 2.75) is 40.3 Å². The first-order valence-electron chi connectivity index (χ1n) is 15.0. The summed E-state index contributed by atoms with van der Waals surface area (Å²) in [5, 5.41) is 2.31. The van der Waals surface area contributed by atoms with E-state index in [1.807, 2.05) is 80.6 Å². The van der Waals surface area contributed by atoms with Gasteiger partial charge in [0.2, 0.25) is 0 Å². The second kappa shape index (κ2) is 13.0. The molecule has 0 N–H and O–H groups in total. The SMILES string of the molecule is CCOC(=O)C1=C(C)N=c2s/c(=C\c3ccc(OCc4cccc5ccccc45)c(OCC)c3)c(=O)n2C1c1ccc(C)cc1. The molecule has 1 aliphatic rings. The van der Waals surface area contributed by atoms with E-state index in [-0.39, 0.29) is 12.2 Å². The van der Waals surface area contributed by atoms with E-state index in [1.54, 1.807) is 18.4 Å². The van der Waals surface area contributed by atoms with Crippen LogP contribution in [-0.4, -0.2) is 23.8 Å². The molecule has 1 aromatic heterocycles. The Balaban J connectivity index is 1.37. The normalized spacial score (nSPS) is 14.7. The molecule has 0 spiro atoms. The first kappa shape index (κ1) is 30.1. The molecule has 1 aliphatic heterocycles. The topological polar surface area (TPSA) is 79.1 Å².